The number of amidine groups is 1. The molecule has 0 aliphatic rings. The molecular weight excluding hydrogens is 293 g/mol. The summed E-state index contributed by atoms with van der Waals surface area (Å²) < 4.78 is 13.3. The van der Waals surface area contributed by atoms with Crippen molar-refractivity contribution >= 4 is 23.1 Å². The van der Waals surface area contributed by atoms with Crippen LogP contribution in [0, 0.1) is 5.82 Å². The van der Waals surface area contributed by atoms with E-state index in [1.807, 2.05) is 24.1 Å². The maximum Gasteiger partial charge on any atom is 0.172 e. The second kappa shape index (κ2) is 6.45. The Morgan fingerprint density at radius 3 is 2.76 bits per heavy atom. The summed E-state index contributed by atoms with van der Waals surface area (Å²) in [5.74, 6) is -0.324. The molecule has 0 amide bonds. The normalized spacial score (nSPS) is 11.5. The predicted octanol–water partition coefficient (Wildman–Crippen LogP) is 3.21. The summed E-state index contributed by atoms with van der Waals surface area (Å²) in [5.41, 5.74) is 7.68. The molecule has 0 fully saturated rings. The minimum Gasteiger partial charge on any atom is -0.409 e. The van der Waals surface area contributed by atoms with E-state index in [1.165, 1.54) is 18.2 Å². The van der Waals surface area contributed by atoms with E-state index in [0.29, 0.717) is 22.7 Å². The Morgan fingerprint density at radius 1 is 1.33 bits per heavy atom. The van der Waals surface area contributed by atoms with Crippen molar-refractivity contribution in [1.29, 1.82) is 0 Å². The summed E-state index contributed by atoms with van der Waals surface area (Å²) in [6, 6.07) is 11.4. The Labute approximate surface area is 127 Å². The van der Waals surface area contributed by atoms with E-state index >= 15 is 0 Å². The van der Waals surface area contributed by atoms with E-state index < -0.39 is 0 Å². The molecule has 2 aromatic rings. The van der Waals surface area contributed by atoms with Crippen LogP contribution in [0.5, 0.6) is 0 Å². The lowest BCUT2D eigenvalue weighted by Crippen LogP contribution is -2.22. The van der Waals surface area contributed by atoms with Gasteiger partial charge in [0.05, 0.1) is 0 Å². The van der Waals surface area contributed by atoms with E-state index in [4.69, 9.17) is 22.5 Å². The molecule has 0 aromatic heterocycles. The second-order valence-electron chi connectivity index (χ2n) is 4.59. The Balaban J connectivity index is 2.33. The smallest absolute Gasteiger partial charge is 0.172 e. The van der Waals surface area contributed by atoms with Crippen LogP contribution in [-0.2, 0) is 6.54 Å². The first-order chi connectivity index (χ1) is 10.0. The number of halogens is 2. The van der Waals surface area contributed by atoms with Crippen molar-refractivity contribution in [3.63, 3.8) is 0 Å². The minimum atomic E-state index is -0.340. The zero-order chi connectivity index (χ0) is 15.4. The second-order valence-corrected chi connectivity index (χ2v) is 5.00. The monoisotopic (exact) mass is 307 g/mol. The Hall–Kier alpha value is -2.27. The quantitative estimate of drug-likeness (QED) is 0.394. The molecule has 2 aromatic carbocycles. The fourth-order valence-electron chi connectivity index (χ4n) is 2.08. The highest BCUT2D eigenvalue weighted by atomic mass is 35.5. The highest BCUT2D eigenvalue weighted by Crippen LogP contribution is 2.24. The zero-order valence-corrected chi connectivity index (χ0v) is 12.2. The number of nitrogens with zero attached hydrogens (tertiary/aromatic N) is 2. The third kappa shape index (κ3) is 3.44. The molecule has 21 heavy (non-hydrogen) atoms. The van der Waals surface area contributed by atoms with Gasteiger partial charge in [0.25, 0.3) is 0 Å². The fourth-order valence-corrected chi connectivity index (χ4v) is 2.26. The molecule has 0 saturated heterocycles. The summed E-state index contributed by atoms with van der Waals surface area (Å²) in [6.45, 7) is 0.395. The predicted molar refractivity (Wildman–Crippen MR) is 82.5 cm³/mol. The topological polar surface area (TPSA) is 61.8 Å². The van der Waals surface area contributed by atoms with E-state index in [1.54, 1.807) is 12.1 Å². The van der Waals surface area contributed by atoms with Crippen LogP contribution in [0.3, 0.4) is 0 Å². The lowest BCUT2D eigenvalue weighted by Gasteiger charge is -2.22. The number of hydrogen-bond acceptors (Lipinski definition) is 3. The van der Waals surface area contributed by atoms with E-state index in [9.17, 15) is 4.39 Å². The van der Waals surface area contributed by atoms with Crippen LogP contribution in [0.4, 0.5) is 10.1 Å². The van der Waals surface area contributed by atoms with Crippen LogP contribution in [0.2, 0.25) is 5.02 Å². The molecule has 0 bridgehead atoms. The largest absolute Gasteiger partial charge is 0.409 e. The molecule has 0 aliphatic carbocycles. The molecule has 0 atom stereocenters. The number of oxime groups is 1. The first kappa shape index (κ1) is 15.1. The third-order valence-electron chi connectivity index (χ3n) is 3.11. The maximum absolute atomic E-state index is 13.3. The summed E-state index contributed by atoms with van der Waals surface area (Å²) in [5, 5.41) is 12.4. The molecule has 3 N–H and O–H groups in total. The van der Waals surface area contributed by atoms with E-state index in [2.05, 4.69) is 5.16 Å². The SMILES string of the molecule is CN(Cc1cc(F)ccc1Cl)c1ccccc1/C(N)=N/O. The van der Waals surface area contributed by atoms with Crippen molar-refractivity contribution in [2.75, 3.05) is 11.9 Å². The van der Waals surface area contributed by atoms with Crippen molar-refractivity contribution in [3.05, 3.63) is 64.4 Å². The van der Waals surface area contributed by atoms with Crippen molar-refractivity contribution in [3.8, 4) is 0 Å². The van der Waals surface area contributed by atoms with Gasteiger partial charge in [0.2, 0.25) is 0 Å². The molecule has 110 valence electrons. The van der Waals surface area contributed by atoms with Gasteiger partial charge in [-0.15, -0.1) is 0 Å². The van der Waals surface area contributed by atoms with E-state index in [-0.39, 0.29) is 11.7 Å². The Morgan fingerprint density at radius 2 is 2.05 bits per heavy atom. The molecule has 0 spiro atoms. The van der Waals surface area contributed by atoms with Gasteiger partial charge in [-0.3, -0.25) is 0 Å². The van der Waals surface area contributed by atoms with Gasteiger partial charge in [-0.1, -0.05) is 28.9 Å². The average Bonchev–Trinajstić information content (AvgIpc) is 2.50. The maximum atomic E-state index is 13.3. The van der Waals surface area contributed by atoms with Crippen LogP contribution in [-0.4, -0.2) is 18.1 Å². The van der Waals surface area contributed by atoms with Crippen LogP contribution < -0.4 is 10.6 Å². The first-order valence-corrected chi connectivity index (χ1v) is 6.62. The van der Waals surface area contributed by atoms with E-state index in [0.717, 1.165) is 5.69 Å². The molecule has 2 rings (SSSR count). The summed E-state index contributed by atoms with van der Waals surface area (Å²) in [7, 11) is 1.82. The molecule has 6 heteroatoms. The Kier molecular flexibility index (Phi) is 4.65. The average molecular weight is 308 g/mol. The summed E-state index contributed by atoms with van der Waals surface area (Å²) in [6.07, 6.45) is 0. The number of anilines is 1. The summed E-state index contributed by atoms with van der Waals surface area (Å²) >= 11 is 6.08. The number of hydrogen-bond donors (Lipinski definition) is 2. The number of benzene rings is 2. The van der Waals surface area contributed by atoms with Gasteiger partial charge in [0.1, 0.15) is 5.82 Å². The van der Waals surface area contributed by atoms with Crippen LogP contribution in [0.25, 0.3) is 0 Å². The Bertz CT molecular complexity index is 676. The fraction of sp³-hybridized carbons (Fsp3) is 0.133. The van der Waals surface area contributed by atoms with Gasteiger partial charge in [0.15, 0.2) is 5.84 Å². The standard InChI is InChI=1S/C15H15ClFN3O/c1-20(9-10-8-11(17)6-7-13(10)16)14-5-3-2-4-12(14)15(18)19-21/h2-8,21H,9H2,1H3,(H2,18,19). The van der Waals surface area contributed by atoms with Gasteiger partial charge < -0.3 is 15.8 Å². The molecular formula is C15H15ClFN3O. The first-order valence-electron chi connectivity index (χ1n) is 6.25. The van der Waals surface area contributed by atoms with Gasteiger partial charge >= 0.3 is 0 Å². The summed E-state index contributed by atoms with van der Waals surface area (Å²) in [4.78, 5) is 1.86. The molecule has 0 unspecified atom stereocenters. The molecule has 4 nitrogen and oxygen atoms in total. The number of nitrogens with two attached hydrogens (primary N) is 1. The van der Waals surface area contributed by atoms with Crippen molar-refractivity contribution in [2.24, 2.45) is 10.9 Å². The molecule has 0 radical (unpaired) electrons. The van der Waals surface area contributed by atoms with Crippen LogP contribution in [0.15, 0.2) is 47.6 Å². The molecule has 0 saturated carbocycles. The lowest BCUT2D eigenvalue weighted by molar-refractivity contribution is 0.318. The van der Waals surface area contributed by atoms with Gasteiger partial charge in [0, 0.05) is 29.9 Å². The minimum absolute atomic E-state index is 0.0165. The van der Waals surface area contributed by atoms with Crippen LogP contribution >= 0.6 is 11.6 Å². The number of para-hydroxylation sites is 1. The van der Waals surface area contributed by atoms with Gasteiger partial charge in [-0.2, -0.15) is 0 Å². The zero-order valence-electron chi connectivity index (χ0n) is 11.4. The van der Waals surface area contributed by atoms with Gasteiger partial charge in [-0.25, -0.2) is 4.39 Å². The highest BCUT2D eigenvalue weighted by molar-refractivity contribution is 6.31. The van der Waals surface area contributed by atoms with Crippen molar-refractivity contribution < 1.29 is 9.60 Å². The van der Waals surface area contributed by atoms with Gasteiger partial charge in [-0.05, 0) is 35.9 Å². The lowest BCUT2D eigenvalue weighted by atomic mass is 10.1. The highest BCUT2D eigenvalue weighted by Gasteiger charge is 2.12. The van der Waals surface area contributed by atoms with Crippen molar-refractivity contribution in [1.82, 2.24) is 0 Å². The molecule has 0 heterocycles. The van der Waals surface area contributed by atoms with Crippen LogP contribution in [0.1, 0.15) is 11.1 Å². The van der Waals surface area contributed by atoms with Crippen molar-refractivity contribution in [2.45, 2.75) is 6.54 Å². The third-order valence-corrected chi connectivity index (χ3v) is 3.48. The molecule has 0 aliphatic heterocycles. The number of rotatable bonds is 4.